The average molecular weight is 374 g/mol. The molecule has 0 radical (unpaired) electrons. The van der Waals surface area contributed by atoms with Crippen LogP contribution in [0.25, 0.3) is 0 Å². The first-order valence-corrected chi connectivity index (χ1v) is 10.2. The summed E-state index contributed by atoms with van der Waals surface area (Å²) in [6.07, 6.45) is 7.65. The number of halogens is 1. The number of anilines is 1. The molecular weight excluding hydrogens is 341 g/mol. The lowest BCUT2D eigenvalue weighted by Crippen LogP contribution is -2.47. The Morgan fingerprint density at radius 1 is 1.15 bits per heavy atom. The Labute approximate surface area is 162 Å². The van der Waals surface area contributed by atoms with E-state index in [0.717, 1.165) is 76.7 Å². The topological polar surface area (TPSA) is 42.9 Å². The average Bonchev–Trinajstić information content (AvgIpc) is 3.19. The molecule has 0 bridgehead atoms. The Balaban J connectivity index is 1.37. The lowest BCUT2D eigenvalue weighted by atomic mass is 10.2. The molecular formula is C21H32FN5. The molecule has 1 heterocycles. The van der Waals surface area contributed by atoms with Crippen LogP contribution in [0.15, 0.2) is 41.4 Å². The molecule has 6 heteroatoms. The second-order valence-corrected chi connectivity index (χ2v) is 7.18. The Kier molecular flexibility index (Phi) is 7.51. The zero-order chi connectivity index (χ0) is 18.9. The lowest BCUT2D eigenvalue weighted by Gasteiger charge is -2.36. The van der Waals surface area contributed by atoms with E-state index in [1.165, 1.54) is 6.07 Å². The Morgan fingerprint density at radius 2 is 1.89 bits per heavy atom. The second kappa shape index (κ2) is 10.3. The summed E-state index contributed by atoms with van der Waals surface area (Å²) in [5.74, 6) is 0.803. The third-order valence-electron chi connectivity index (χ3n) is 5.16. The molecule has 5 nitrogen and oxygen atoms in total. The molecule has 0 aromatic heterocycles. The maximum atomic E-state index is 13.9. The van der Waals surface area contributed by atoms with Gasteiger partial charge in [0.25, 0.3) is 0 Å². The number of hydrogen-bond donors (Lipinski definition) is 2. The number of benzene rings is 1. The molecule has 2 aliphatic rings. The van der Waals surface area contributed by atoms with Crippen molar-refractivity contribution in [3.8, 4) is 0 Å². The number of rotatable bonds is 7. The van der Waals surface area contributed by atoms with E-state index in [2.05, 4.69) is 39.5 Å². The van der Waals surface area contributed by atoms with Crippen molar-refractivity contribution in [3.05, 3.63) is 42.2 Å². The number of para-hydroxylation sites is 1. The Morgan fingerprint density at radius 3 is 2.59 bits per heavy atom. The fourth-order valence-corrected chi connectivity index (χ4v) is 3.65. The fourth-order valence-electron chi connectivity index (χ4n) is 3.65. The van der Waals surface area contributed by atoms with Crippen LogP contribution in [0.3, 0.4) is 0 Å². The van der Waals surface area contributed by atoms with Crippen LogP contribution >= 0.6 is 0 Å². The first-order valence-electron chi connectivity index (χ1n) is 10.2. The third-order valence-corrected chi connectivity index (χ3v) is 5.16. The number of guanidine groups is 1. The van der Waals surface area contributed by atoms with Gasteiger partial charge in [-0.25, -0.2) is 4.39 Å². The molecule has 148 valence electrons. The van der Waals surface area contributed by atoms with Gasteiger partial charge in [0.2, 0.25) is 0 Å². The quantitative estimate of drug-likeness (QED) is 0.334. The van der Waals surface area contributed by atoms with E-state index < -0.39 is 0 Å². The van der Waals surface area contributed by atoms with Gasteiger partial charge in [0.1, 0.15) is 5.82 Å². The highest BCUT2D eigenvalue weighted by molar-refractivity contribution is 5.80. The predicted molar refractivity (Wildman–Crippen MR) is 111 cm³/mol. The number of hydrogen-bond acceptors (Lipinski definition) is 3. The molecule has 0 spiro atoms. The van der Waals surface area contributed by atoms with Gasteiger partial charge in [0.05, 0.1) is 5.69 Å². The van der Waals surface area contributed by atoms with Gasteiger partial charge in [-0.3, -0.25) is 9.89 Å². The van der Waals surface area contributed by atoms with Gasteiger partial charge in [0, 0.05) is 51.9 Å². The summed E-state index contributed by atoms with van der Waals surface area (Å²) in [4.78, 5) is 9.31. The lowest BCUT2D eigenvalue weighted by molar-refractivity contribution is 0.256. The zero-order valence-corrected chi connectivity index (χ0v) is 16.3. The van der Waals surface area contributed by atoms with Gasteiger partial charge in [-0.15, -0.1) is 0 Å². The van der Waals surface area contributed by atoms with Crippen LogP contribution in [0.5, 0.6) is 0 Å². The van der Waals surface area contributed by atoms with Crippen molar-refractivity contribution >= 4 is 11.6 Å². The molecule has 0 amide bonds. The van der Waals surface area contributed by atoms with Crippen LogP contribution in [-0.2, 0) is 0 Å². The molecule has 2 N–H and O–H groups in total. The SMILES string of the molecule is CCNC(=NCCCN1CCN(c2ccccc2F)CC1)NC1CC=CC1. The summed E-state index contributed by atoms with van der Waals surface area (Å²) in [6, 6.07) is 7.54. The molecule has 1 aliphatic carbocycles. The maximum absolute atomic E-state index is 13.9. The van der Waals surface area contributed by atoms with E-state index in [1.54, 1.807) is 6.07 Å². The molecule has 1 aromatic rings. The minimum absolute atomic E-state index is 0.124. The minimum atomic E-state index is -0.124. The van der Waals surface area contributed by atoms with Gasteiger partial charge in [-0.05, 0) is 38.3 Å². The van der Waals surface area contributed by atoms with Gasteiger partial charge < -0.3 is 15.5 Å². The van der Waals surface area contributed by atoms with E-state index in [9.17, 15) is 4.39 Å². The summed E-state index contributed by atoms with van der Waals surface area (Å²) in [6.45, 7) is 8.55. The molecule has 1 saturated heterocycles. The fraction of sp³-hybridized carbons (Fsp3) is 0.571. The molecule has 1 aliphatic heterocycles. The number of nitrogens with one attached hydrogen (secondary N) is 2. The van der Waals surface area contributed by atoms with Gasteiger partial charge in [-0.1, -0.05) is 24.3 Å². The van der Waals surface area contributed by atoms with Gasteiger partial charge in [-0.2, -0.15) is 0 Å². The second-order valence-electron chi connectivity index (χ2n) is 7.18. The third kappa shape index (κ3) is 5.96. The highest BCUT2D eigenvalue weighted by Crippen LogP contribution is 2.20. The summed E-state index contributed by atoms with van der Waals surface area (Å²) in [7, 11) is 0. The largest absolute Gasteiger partial charge is 0.367 e. The number of nitrogens with zero attached hydrogens (tertiary/aromatic N) is 3. The highest BCUT2D eigenvalue weighted by atomic mass is 19.1. The standard InChI is InChI=1S/C21H32FN5/c1-2-23-21(25-18-8-3-4-9-18)24-12-7-13-26-14-16-27(17-15-26)20-11-6-5-10-19(20)22/h3-6,10-11,18H,2,7-9,12-17H2,1H3,(H2,23,24,25). The first kappa shape index (κ1) is 19.7. The van der Waals surface area contributed by atoms with Crippen molar-refractivity contribution in [2.24, 2.45) is 4.99 Å². The van der Waals surface area contributed by atoms with Crippen molar-refractivity contribution < 1.29 is 4.39 Å². The van der Waals surface area contributed by atoms with Crippen LogP contribution in [0.4, 0.5) is 10.1 Å². The van der Waals surface area contributed by atoms with Crippen LogP contribution in [0.2, 0.25) is 0 Å². The van der Waals surface area contributed by atoms with Crippen LogP contribution in [0.1, 0.15) is 26.2 Å². The van der Waals surface area contributed by atoms with E-state index in [1.807, 2.05) is 12.1 Å². The number of aliphatic imine (C=N–C) groups is 1. The summed E-state index contributed by atoms with van der Waals surface area (Å²) in [5.41, 5.74) is 0.726. The number of piperazine rings is 1. The molecule has 27 heavy (non-hydrogen) atoms. The smallest absolute Gasteiger partial charge is 0.191 e. The van der Waals surface area contributed by atoms with E-state index >= 15 is 0 Å². The van der Waals surface area contributed by atoms with E-state index in [4.69, 9.17) is 4.99 Å². The van der Waals surface area contributed by atoms with Crippen molar-refractivity contribution in [2.45, 2.75) is 32.2 Å². The predicted octanol–water partition coefficient (Wildman–Crippen LogP) is 2.61. The van der Waals surface area contributed by atoms with Crippen molar-refractivity contribution in [1.29, 1.82) is 0 Å². The molecule has 1 fully saturated rings. The van der Waals surface area contributed by atoms with E-state index in [0.29, 0.717) is 6.04 Å². The van der Waals surface area contributed by atoms with Gasteiger partial charge >= 0.3 is 0 Å². The molecule has 0 saturated carbocycles. The van der Waals surface area contributed by atoms with Crippen molar-refractivity contribution in [1.82, 2.24) is 15.5 Å². The van der Waals surface area contributed by atoms with Crippen molar-refractivity contribution in [2.75, 3.05) is 50.7 Å². The molecule has 1 aromatic carbocycles. The van der Waals surface area contributed by atoms with Crippen LogP contribution < -0.4 is 15.5 Å². The van der Waals surface area contributed by atoms with Crippen LogP contribution in [0, 0.1) is 5.82 Å². The molecule has 3 rings (SSSR count). The van der Waals surface area contributed by atoms with Crippen LogP contribution in [-0.4, -0.2) is 62.7 Å². The first-order chi connectivity index (χ1) is 13.3. The van der Waals surface area contributed by atoms with Crippen molar-refractivity contribution in [3.63, 3.8) is 0 Å². The molecule has 0 unspecified atom stereocenters. The normalized spacial score (nSPS) is 18.9. The highest BCUT2D eigenvalue weighted by Gasteiger charge is 2.18. The summed E-state index contributed by atoms with van der Waals surface area (Å²) >= 11 is 0. The summed E-state index contributed by atoms with van der Waals surface area (Å²) in [5, 5.41) is 6.84. The monoisotopic (exact) mass is 373 g/mol. The maximum Gasteiger partial charge on any atom is 0.191 e. The zero-order valence-electron chi connectivity index (χ0n) is 16.3. The Hall–Kier alpha value is -2.08. The molecule has 0 atom stereocenters. The van der Waals surface area contributed by atoms with Gasteiger partial charge in [0.15, 0.2) is 5.96 Å². The Bertz CT molecular complexity index is 629. The van der Waals surface area contributed by atoms with E-state index in [-0.39, 0.29) is 5.82 Å². The minimum Gasteiger partial charge on any atom is -0.367 e. The summed E-state index contributed by atoms with van der Waals surface area (Å²) < 4.78 is 13.9.